The van der Waals surface area contributed by atoms with Crippen molar-refractivity contribution in [2.24, 2.45) is 5.92 Å². The lowest BCUT2D eigenvalue weighted by Crippen LogP contribution is -2.27. The third-order valence-electron chi connectivity index (χ3n) is 3.43. The number of nitrogen functional groups attached to an aromatic ring is 1. The minimum absolute atomic E-state index is 0.0617. The van der Waals surface area contributed by atoms with Crippen LogP contribution in [0.2, 0.25) is 0 Å². The molecule has 4 N–H and O–H groups in total. The van der Waals surface area contributed by atoms with E-state index in [4.69, 9.17) is 10.8 Å². The van der Waals surface area contributed by atoms with E-state index in [0.29, 0.717) is 12.8 Å². The monoisotopic (exact) mass is 239 g/mol. The van der Waals surface area contributed by atoms with Crippen molar-refractivity contribution < 1.29 is 10.2 Å². The fourth-order valence-electron chi connectivity index (χ4n) is 2.34. The second-order valence-corrected chi connectivity index (χ2v) is 4.63. The Morgan fingerprint density at radius 3 is 2.88 bits per heavy atom. The topological polar surface area (TPSA) is 101 Å². The summed E-state index contributed by atoms with van der Waals surface area (Å²) in [6.07, 6.45) is 2.16. The number of hydrogen-bond donors (Lipinski definition) is 3. The van der Waals surface area contributed by atoms with E-state index in [9.17, 15) is 9.90 Å². The van der Waals surface area contributed by atoms with Crippen molar-refractivity contribution in [2.45, 2.75) is 31.9 Å². The maximum absolute atomic E-state index is 11.7. The van der Waals surface area contributed by atoms with Gasteiger partial charge >= 0.3 is 5.69 Å². The minimum atomic E-state index is -0.560. The Morgan fingerprint density at radius 1 is 1.59 bits per heavy atom. The largest absolute Gasteiger partial charge is 0.396 e. The maximum Gasteiger partial charge on any atom is 0.349 e. The van der Waals surface area contributed by atoms with E-state index in [1.807, 2.05) is 0 Å². The Kier molecular flexibility index (Phi) is 3.17. The van der Waals surface area contributed by atoms with Crippen molar-refractivity contribution in [1.82, 2.24) is 9.55 Å². The van der Waals surface area contributed by atoms with Crippen molar-refractivity contribution in [3.8, 4) is 0 Å². The third-order valence-corrected chi connectivity index (χ3v) is 3.43. The van der Waals surface area contributed by atoms with Crippen LogP contribution in [0.3, 0.4) is 0 Å². The SMILES string of the molecule is Cc1cn([C@H]2CC(O)[C@@H](CO)C2)c(=O)nc1N. The number of anilines is 1. The Labute approximate surface area is 98.7 Å². The van der Waals surface area contributed by atoms with Crippen LogP contribution in [0.5, 0.6) is 0 Å². The van der Waals surface area contributed by atoms with Crippen LogP contribution in [0.25, 0.3) is 0 Å². The molecule has 6 heteroatoms. The number of nitrogens with zero attached hydrogens (tertiary/aromatic N) is 2. The van der Waals surface area contributed by atoms with Crippen LogP contribution < -0.4 is 11.4 Å². The molecule has 94 valence electrons. The maximum atomic E-state index is 11.7. The predicted octanol–water partition coefficient (Wildman–Crippen LogP) is -0.562. The fourth-order valence-corrected chi connectivity index (χ4v) is 2.34. The summed E-state index contributed by atoms with van der Waals surface area (Å²) in [5, 5.41) is 18.8. The van der Waals surface area contributed by atoms with Gasteiger partial charge in [0.15, 0.2) is 0 Å². The Morgan fingerprint density at radius 2 is 2.29 bits per heavy atom. The molecule has 1 aliphatic rings. The molecule has 1 fully saturated rings. The van der Waals surface area contributed by atoms with Crippen LogP contribution in [0.1, 0.15) is 24.4 Å². The van der Waals surface area contributed by atoms with Crippen molar-refractivity contribution in [3.05, 3.63) is 22.2 Å². The van der Waals surface area contributed by atoms with Gasteiger partial charge in [0.2, 0.25) is 0 Å². The zero-order valence-electron chi connectivity index (χ0n) is 9.71. The van der Waals surface area contributed by atoms with Gasteiger partial charge in [0.05, 0.1) is 6.10 Å². The van der Waals surface area contributed by atoms with Crippen LogP contribution in [-0.4, -0.2) is 32.5 Å². The van der Waals surface area contributed by atoms with E-state index in [1.165, 1.54) is 4.57 Å². The Balaban J connectivity index is 2.30. The van der Waals surface area contributed by atoms with Gasteiger partial charge in [0.1, 0.15) is 5.82 Å². The molecule has 0 amide bonds. The van der Waals surface area contributed by atoms with Gasteiger partial charge in [-0.1, -0.05) is 0 Å². The standard InChI is InChI=1S/C11H17N3O3/c1-6-4-14(11(17)13-10(6)12)8-2-7(5-15)9(16)3-8/h4,7-9,15-16H,2-3,5H2,1H3,(H2,12,13,17)/t7-,8-,9?/m1/s1. The molecule has 0 aromatic carbocycles. The van der Waals surface area contributed by atoms with Crippen LogP contribution in [-0.2, 0) is 0 Å². The fraction of sp³-hybridized carbons (Fsp3) is 0.636. The molecule has 1 aromatic rings. The van der Waals surface area contributed by atoms with E-state index in [2.05, 4.69) is 4.98 Å². The van der Waals surface area contributed by atoms with Crippen molar-refractivity contribution in [1.29, 1.82) is 0 Å². The summed E-state index contributed by atoms with van der Waals surface area (Å²) in [6, 6.07) is -0.110. The molecule has 0 radical (unpaired) electrons. The number of rotatable bonds is 2. The van der Waals surface area contributed by atoms with Crippen molar-refractivity contribution in [3.63, 3.8) is 0 Å². The minimum Gasteiger partial charge on any atom is -0.396 e. The Hall–Kier alpha value is -1.40. The molecule has 1 saturated carbocycles. The lowest BCUT2D eigenvalue weighted by molar-refractivity contribution is 0.0906. The molecule has 0 aliphatic heterocycles. The molecule has 0 saturated heterocycles. The lowest BCUT2D eigenvalue weighted by atomic mass is 10.1. The second-order valence-electron chi connectivity index (χ2n) is 4.63. The van der Waals surface area contributed by atoms with Gasteiger partial charge in [-0.15, -0.1) is 0 Å². The summed E-state index contributed by atoms with van der Waals surface area (Å²) < 4.78 is 1.50. The summed E-state index contributed by atoms with van der Waals surface area (Å²) in [5.74, 6) is 0.0771. The van der Waals surface area contributed by atoms with E-state index < -0.39 is 11.8 Å². The van der Waals surface area contributed by atoms with E-state index in [0.717, 1.165) is 5.56 Å². The molecule has 6 nitrogen and oxygen atoms in total. The number of aryl methyl sites for hydroxylation is 1. The van der Waals surface area contributed by atoms with Gasteiger partial charge in [-0.25, -0.2) is 4.79 Å². The molecular weight excluding hydrogens is 222 g/mol. The van der Waals surface area contributed by atoms with Crippen LogP contribution in [0.15, 0.2) is 11.0 Å². The predicted molar refractivity (Wildman–Crippen MR) is 62.5 cm³/mol. The number of hydrogen-bond acceptors (Lipinski definition) is 5. The highest BCUT2D eigenvalue weighted by atomic mass is 16.3. The first-order valence-electron chi connectivity index (χ1n) is 5.67. The van der Waals surface area contributed by atoms with Gasteiger partial charge in [0.25, 0.3) is 0 Å². The average molecular weight is 239 g/mol. The summed E-state index contributed by atoms with van der Waals surface area (Å²) in [4.78, 5) is 15.4. The van der Waals surface area contributed by atoms with Crippen LogP contribution in [0, 0.1) is 12.8 Å². The first-order chi connectivity index (χ1) is 8.02. The smallest absolute Gasteiger partial charge is 0.349 e. The van der Waals surface area contributed by atoms with Gasteiger partial charge in [-0.3, -0.25) is 4.57 Å². The first kappa shape index (κ1) is 12.1. The molecule has 0 spiro atoms. The van der Waals surface area contributed by atoms with Gasteiger partial charge < -0.3 is 15.9 Å². The Bertz CT molecular complexity index is 472. The summed E-state index contributed by atoms with van der Waals surface area (Å²) in [7, 11) is 0. The molecule has 17 heavy (non-hydrogen) atoms. The quantitative estimate of drug-likeness (QED) is 0.642. The molecule has 3 atom stereocenters. The average Bonchev–Trinajstić information content (AvgIpc) is 2.65. The lowest BCUT2D eigenvalue weighted by Gasteiger charge is -2.14. The highest BCUT2D eigenvalue weighted by Crippen LogP contribution is 2.33. The molecule has 1 unspecified atom stereocenters. The zero-order valence-corrected chi connectivity index (χ0v) is 9.71. The molecular formula is C11H17N3O3. The van der Waals surface area contributed by atoms with Gasteiger partial charge in [-0.05, 0) is 19.8 Å². The molecule has 1 heterocycles. The molecule has 0 bridgehead atoms. The second kappa shape index (κ2) is 4.46. The highest BCUT2D eigenvalue weighted by Gasteiger charge is 2.34. The normalized spacial score (nSPS) is 28.5. The number of aliphatic hydroxyl groups excluding tert-OH is 2. The number of aliphatic hydroxyl groups is 2. The van der Waals surface area contributed by atoms with E-state index >= 15 is 0 Å². The highest BCUT2D eigenvalue weighted by molar-refractivity contribution is 5.35. The van der Waals surface area contributed by atoms with Crippen LogP contribution >= 0.6 is 0 Å². The first-order valence-corrected chi connectivity index (χ1v) is 5.67. The molecule has 1 aliphatic carbocycles. The summed E-state index contributed by atoms with van der Waals surface area (Å²) in [5.41, 5.74) is 5.90. The number of nitrogens with two attached hydrogens (primary N) is 1. The van der Waals surface area contributed by atoms with Crippen LogP contribution in [0.4, 0.5) is 5.82 Å². The number of aromatic nitrogens is 2. The van der Waals surface area contributed by atoms with Gasteiger partial charge in [-0.2, -0.15) is 4.98 Å². The van der Waals surface area contributed by atoms with E-state index in [-0.39, 0.29) is 24.4 Å². The van der Waals surface area contributed by atoms with Crippen molar-refractivity contribution >= 4 is 5.82 Å². The van der Waals surface area contributed by atoms with Gasteiger partial charge in [0, 0.05) is 30.3 Å². The summed E-state index contributed by atoms with van der Waals surface area (Å²) in [6.45, 7) is 1.72. The van der Waals surface area contributed by atoms with E-state index in [1.54, 1.807) is 13.1 Å². The third kappa shape index (κ3) is 2.18. The summed E-state index contributed by atoms with van der Waals surface area (Å²) >= 11 is 0. The molecule has 1 aromatic heterocycles. The zero-order chi connectivity index (χ0) is 12.6. The molecule has 2 rings (SSSR count). The van der Waals surface area contributed by atoms with Crippen molar-refractivity contribution in [2.75, 3.05) is 12.3 Å².